The summed E-state index contributed by atoms with van der Waals surface area (Å²) in [6.45, 7) is 1.46. The molecule has 1 aromatic carbocycles. The predicted octanol–water partition coefficient (Wildman–Crippen LogP) is 2.15. The Bertz CT molecular complexity index is 810. The van der Waals surface area contributed by atoms with E-state index < -0.39 is 25.5 Å². The van der Waals surface area contributed by atoms with E-state index in [-0.39, 0.29) is 16.5 Å². The smallest absolute Gasteiger partial charge is 0.262 e. The second kappa shape index (κ2) is 5.62. The number of halogens is 1. The van der Waals surface area contributed by atoms with Gasteiger partial charge in [0.15, 0.2) is 10.7 Å². The van der Waals surface area contributed by atoms with Gasteiger partial charge in [-0.2, -0.15) is 0 Å². The molecular formula is C11H9ClN4O4S. The number of nitro benzene ring substituents is 1. The van der Waals surface area contributed by atoms with E-state index in [1.54, 1.807) is 0 Å². The molecule has 0 spiro atoms. The van der Waals surface area contributed by atoms with Crippen LogP contribution in [0, 0.1) is 17.0 Å². The number of nitrogens with zero attached hydrogens (tertiary/aromatic N) is 3. The highest BCUT2D eigenvalue weighted by Crippen LogP contribution is 2.28. The van der Waals surface area contributed by atoms with Gasteiger partial charge in [-0.1, -0.05) is 23.7 Å². The Balaban J connectivity index is 2.52. The van der Waals surface area contributed by atoms with Crippen molar-refractivity contribution in [3.05, 3.63) is 51.4 Å². The van der Waals surface area contributed by atoms with Gasteiger partial charge in [0.2, 0.25) is 0 Å². The maximum atomic E-state index is 12.3. The van der Waals surface area contributed by atoms with Crippen LogP contribution in [0.2, 0.25) is 5.15 Å². The molecule has 0 amide bonds. The minimum Gasteiger partial charge on any atom is -0.262 e. The molecule has 0 radical (unpaired) electrons. The summed E-state index contributed by atoms with van der Waals surface area (Å²) < 4.78 is 26.8. The molecule has 0 bridgehead atoms. The summed E-state index contributed by atoms with van der Waals surface area (Å²) in [4.78, 5) is 17.2. The molecule has 0 aliphatic heterocycles. The average Bonchev–Trinajstić information content (AvgIpc) is 2.37. The zero-order chi connectivity index (χ0) is 15.6. The number of aryl methyl sites for hydroxylation is 1. The molecule has 1 aromatic heterocycles. The highest BCUT2D eigenvalue weighted by molar-refractivity contribution is 7.93. The minimum absolute atomic E-state index is 0.00511. The Kier molecular flexibility index (Phi) is 4.05. The van der Waals surface area contributed by atoms with Gasteiger partial charge in [0, 0.05) is 6.07 Å². The summed E-state index contributed by atoms with van der Waals surface area (Å²) >= 11 is 5.62. The molecule has 21 heavy (non-hydrogen) atoms. The van der Waals surface area contributed by atoms with Gasteiger partial charge in [-0.3, -0.25) is 19.8 Å². The number of sulfonamides is 1. The van der Waals surface area contributed by atoms with Crippen molar-refractivity contribution >= 4 is 33.1 Å². The van der Waals surface area contributed by atoms with Crippen LogP contribution in [0.5, 0.6) is 0 Å². The second-order valence-electron chi connectivity index (χ2n) is 4.01. The van der Waals surface area contributed by atoms with E-state index in [4.69, 9.17) is 11.6 Å². The molecule has 0 atom stereocenters. The molecule has 0 aliphatic rings. The molecule has 0 unspecified atom stereocenters. The molecule has 0 fully saturated rings. The van der Waals surface area contributed by atoms with Crippen LogP contribution < -0.4 is 4.72 Å². The molecular weight excluding hydrogens is 320 g/mol. The molecule has 0 saturated carbocycles. The van der Waals surface area contributed by atoms with Crippen LogP contribution in [-0.4, -0.2) is 23.3 Å². The molecule has 10 heteroatoms. The van der Waals surface area contributed by atoms with E-state index in [1.165, 1.54) is 25.3 Å². The van der Waals surface area contributed by atoms with Gasteiger partial charge in [0.05, 0.1) is 17.3 Å². The fourth-order valence-electron chi connectivity index (χ4n) is 1.71. The van der Waals surface area contributed by atoms with Crippen molar-refractivity contribution in [2.75, 3.05) is 4.72 Å². The van der Waals surface area contributed by atoms with Crippen LogP contribution in [0.1, 0.15) is 5.56 Å². The van der Waals surface area contributed by atoms with Crippen LogP contribution in [0.3, 0.4) is 0 Å². The SMILES string of the molecule is Cc1cccc([N+](=O)[O-])c1S(=O)(=O)Nc1cncc(Cl)n1. The Morgan fingerprint density at radius 1 is 1.33 bits per heavy atom. The lowest BCUT2D eigenvalue weighted by molar-refractivity contribution is -0.387. The van der Waals surface area contributed by atoms with Gasteiger partial charge in [0.25, 0.3) is 15.7 Å². The Labute approximate surface area is 125 Å². The number of nitrogens with one attached hydrogen (secondary N) is 1. The van der Waals surface area contributed by atoms with Crippen molar-refractivity contribution in [3.63, 3.8) is 0 Å². The van der Waals surface area contributed by atoms with E-state index in [1.807, 2.05) is 0 Å². The van der Waals surface area contributed by atoms with Crippen LogP contribution in [0.25, 0.3) is 0 Å². The fraction of sp³-hybridized carbons (Fsp3) is 0.0909. The number of nitro groups is 1. The van der Waals surface area contributed by atoms with Crippen molar-refractivity contribution in [2.24, 2.45) is 0 Å². The van der Waals surface area contributed by atoms with Crippen molar-refractivity contribution < 1.29 is 13.3 Å². The molecule has 1 heterocycles. The standard InChI is InChI=1S/C11H9ClN4O4S/c1-7-3-2-4-8(16(17)18)11(7)21(19,20)15-10-6-13-5-9(12)14-10/h2-6H,1H3,(H,14,15). The first-order chi connectivity index (χ1) is 9.81. The largest absolute Gasteiger partial charge is 0.290 e. The highest BCUT2D eigenvalue weighted by Gasteiger charge is 2.28. The molecule has 8 nitrogen and oxygen atoms in total. The fourth-order valence-corrected chi connectivity index (χ4v) is 3.24. The molecule has 1 N–H and O–H groups in total. The molecule has 2 aromatic rings. The second-order valence-corrected chi connectivity index (χ2v) is 6.02. The summed E-state index contributed by atoms with van der Waals surface area (Å²) in [5, 5.41) is 11.0. The third-order valence-corrected chi connectivity index (χ3v) is 4.23. The number of hydrogen-bond acceptors (Lipinski definition) is 6. The third-order valence-electron chi connectivity index (χ3n) is 2.50. The zero-order valence-electron chi connectivity index (χ0n) is 10.6. The monoisotopic (exact) mass is 328 g/mol. The van der Waals surface area contributed by atoms with Gasteiger partial charge in [-0.25, -0.2) is 13.4 Å². The average molecular weight is 329 g/mol. The number of anilines is 1. The Hall–Kier alpha value is -2.26. The van der Waals surface area contributed by atoms with E-state index in [2.05, 4.69) is 14.7 Å². The maximum Gasteiger partial charge on any atom is 0.290 e. The minimum atomic E-state index is -4.19. The zero-order valence-corrected chi connectivity index (χ0v) is 12.2. The Morgan fingerprint density at radius 2 is 2.05 bits per heavy atom. The van der Waals surface area contributed by atoms with Gasteiger partial charge < -0.3 is 0 Å². The molecule has 0 aliphatic carbocycles. The van der Waals surface area contributed by atoms with Crippen molar-refractivity contribution in [2.45, 2.75) is 11.8 Å². The summed E-state index contributed by atoms with van der Waals surface area (Å²) in [7, 11) is -4.19. The first-order valence-electron chi connectivity index (χ1n) is 5.55. The van der Waals surface area contributed by atoms with Crippen LogP contribution in [0.15, 0.2) is 35.5 Å². The highest BCUT2D eigenvalue weighted by atomic mass is 35.5. The lowest BCUT2D eigenvalue weighted by atomic mass is 10.2. The summed E-state index contributed by atoms with van der Waals surface area (Å²) in [5.41, 5.74) is -0.274. The lowest BCUT2D eigenvalue weighted by Gasteiger charge is -2.09. The maximum absolute atomic E-state index is 12.3. The first kappa shape index (κ1) is 15.1. The van der Waals surface area contributed by atoms with Gasteiger partial charge >= 0.3 is 0 Å². The number of benzene rings is 1. The topological polar surface area (TPSA) is 115 Å². The van der Waals surface area contributed by atoms with E-state index in [9.17, 15) is 18.5 Å². The number of aromatic nitrogens is 2. The molecule has 110 valence electrons. The van der Waals surface area contributed by atoms with Crippen LogP contribution in [-0.2, 0) is 10.0 Å². The Morgan fingerprint density at radius 3 is 2.67 bits per heavy atom. The lowest BCUT2D eigenvalue weighted by Crippen LogP contribution is -2.17. The molecule has 2 rings (SSSR count). The number of hydrogen-bond donors (Lipinski definition) is 1. The summed E-state index contributed by atoms with van der Waals surface area (Å²) in [6, 6.07) is 3.99. The van der Waals surface area contributed by atoms with Gasteiger partial charge in [0.1, 0.15) is 5.15 Å². The summed E-state index contributed by atoms with van der Waals surface area (Å²) in [6.07, 6.45) is 2.38. The van der Waals surface area contributed by atoms with Crippen molar-refractivity contribution in [3.8, 4) is 0 Å². The van der Waals surface area contributed by atoms with E-state index >= 15 is 0 Å². The quantitative estimate of drug-likeness (QED) is 0.679. The van der Waals surface area contributed by atoms with Gasteiger partial charge in [-0.15, -0.1) is 0 Å². The summed E-state index contributed by atoms with van der Waals surface area (Å²) in [5.74, 6) is -0.125. The third kappa shape index (κ3) is 3.26. The predicted molar refractivity (Wildman–Crippen MR) is 75.7 cm³/mol. The normalized spacial score (nSPS) is 11.1. The van der Waals surface area contributed by atoms with Gasteiger partial charge in [-0.05, 0) is 12.5 Å². The van der Waals surface area contributed by atoms with Crippen molar-refractivity contribution in [1.82, 2.24) is 9.97 Å². The molecule has 0 saturated heterocycles. The first-order valence-corrected chi connectivity index (χ1v) is 7.42. The number of rotatable bonds is 4. The van der Waals surface area contributed by atoms with Crippen molar-refractivity contribution in [1.29, 1.82) is 0 Å². The van der Waals surface area contributed by atoms with Crippen LogP contribution >= 0.6 is 11.6 Å². The van der Waals surface area contributed by atoms with Crippen LogP contribution in [0.4, 0.5) is 11.5 Å². The van der Waals surface area contributed by atoms with E-state index in [0.717, 1.165) is 12.3 Å². The van der Waals surface area contributed by atoms with E-state index in [0.29, 0.717) is 0 Å².